The topological polar surface area (TPSA) is 73.7 Å². The van der Waals surface area contributed by atoms with Crippen molar-refractivity contribution in [3.8, 4) is 17.2 Å². The van der Waals surface area contributed by atoms with Crippen LogP contribution in [0.3, 0.4) is 0 Å². The molecule has 0 bridgehead atoms. The van der Waals surface area contributed by atoms with Crippen LogP contribution in [0.1, 0.15) is 25.2 Å². The Kier molecular flexibility index (Phi) is 5.75. The van der Waals surface area contributed by atoms with Crippen LogP contribution < -0.4 is 14.2 Å². The molecule has 0 atom stereocenters. The normalized spacial score (nSPS) is 11.0. The molecule has 0 amide bonds. The number of hydrogen-bond donors (Lipinski definition) is 1. The van der Waals surface area contributed by atoms with Crippen molar-refractivity contribution < 1.29 is 14.2 Å². The van der Waals surface area contributed by atoms with Gasteiger partial charge >= 0.3 is 0 Å². The number of aromatic amines is 1. The molecule has 0 aliphatic heterocycles. The van der Waals surface area contributed by atoms with E-state index in [2.05, 4.69) is 15.3 Å². The van der Waals surface area contributed by atoms with Crippen LogP contribution in [0, 0.1) is 4.77 Å². The lowest BCUT2D eigenvalue weighted by Gasteiger charge is -2.14. The molecule has 7 nitrogen and oxygen atoms in total. The number of benzene rings is 1. The van der Waals surface area contributed by atoms with Gasteiger partial charge in [-0.3, -0.25) is 5.10 Å². The molecule has 8 heteroatoms. The van der Waals surface area contributed by atoms with Crippen LogP contribution in [0.4, 0.5) is 0 Å². The van der Waals surface area contributed by atoms with Crippen LogP contribution in [0.5, 0.6) is 17.2 Å². The molecule has 23 heavy (non-hydrogen) atoms. The van der Waals surface area contributed by atoms with Gasteiger partial charge in [-0.05, 0) is 31.3 Å². The average Bonchev–Trinajstić information content (AvgIpc) is 2.93. The van der Waals surface area contributed by atoms with Gasteiger partial charge in [0.1, 0.15) is 0 Å². The number of methoxy groups -OCH3 is 2. The van der Waals surface area contributed by atoms with Crippen LogP contribution in [-0.2, 0) is 6.42 Å². The van der Waals surface area contributed by atoms with Gasteiger partial charge in [0, 0.05) is 12.0 Å². The van der Waals surface area contributed by atoms with Gasteiger partial charge < -0.3 is 14.2 Å². The van der Waals surface area contributed by atoms with Crippen molar-refractivity contribution in [3.63, 3.8) is 0 Å². The molecule has 124 valence electrons. The van der Waals surface area contributed by atoms with Crippen LogP contribution in [-0.4, -0.2) is 41.9 Å². The number of H-pyrrole nitrogens is 1. The van der Waals surface area contributed by atoms with Crippen molar-refractivity contribution >= 4 is 18.4 Å². The Morgan fingerprint density at radius 3 is 2.43 bits per heavy atom. The van der Waals surface area contributed by atoms with E-state index in [1.165, 1.54) is 0 Å². The summed E-state index contributed by atoms with van der Waals surface area (Å²) in [4.78, 5) is 0. The second-order valence-corrected chi connectivity index (χ2v) is 4.93. The number of nitrogens with zero attached hydrogens (tertiary/aromatic N) is 3. The van der Waals surface area contributed by atoms with Crippen molar-refractivity contribution in [2.45, 2.75) is 20.3 Å². The minimum absolute atomic E-state index is 0.447. The average molecular weight is 336 g/mol. The van der Waals surface area contributed by atoms with E-state index < -0.39 is 0 Å². The first-order valence-corrected chi connectivity index (χ1v) is 7.64. The highest BCUT2D eigenvalue weighted by Crippen LogP contribution is 2.38. The summed E-state index contributed by atoms with van der Waals surface area (Å²) in [6.07, 6.45) is 2.39. The van der Waals surface area contributed by atoms with Gasteiger partial charge in [-0.1, -0.05) is 6.92 Å². The summed E-state index contributed by atoms with van der Waals surface area (Å²) in [6, 6.07) is 3.65. The molecule has 0 saturated carbocycles. The third kappa shape index (κ3) is 3.70. The van der Waals surface area contributed by atoms with Gasteiger partial charge in [-0.15, -0.1) is 0 Å². The Hall–Kier alpha value is -2.35. The number of rotatable bonds is 7. The Labute approximate surface area is 139 Å². The number of aromatic nitrogens is 3. The number of nitrogens with one attached hydrogen (secondary N) is 1. The van der Waals surface area contributed by atoms with E-state index in [-0.39, 0.29) is 0 Å². The molecular formula is C15H20N4O3S. The zero-order chi connectivity index (χ0) is 16.8. The van der Waals surface area contributed by atoms with Crippen molar-refractivity contribution in [3.05, 3.63) is 28.3 Å². The van der Waals surface area contributed by atoms with Crippen LogP contribution in [0.25, 0.3) is 0 Å². The first-order chi connectivity index (χ1) is 11.1. The van der Waals surface area contributed by atoms with E-state index in [1.54, 1.807) is 25.1 Å². The second kappa shape index (κ2) is 7.77. The smallest absolute Gasteiger partial charge is 0.216 e. The minimum atomic E-state index is 0.447. The maximum Gasteiger partial charge on any atom is 0.216 e. The second-order valence-electron chi connectivity index (χ2n) is 4.54. The fraction of sp³-hybridized carbons (Fsp3) is 0.400. The molecule has 2 rings (SSSR count). The molecule has 1 N–H and O–H groups in total. The molecule has 0 saturated heterocycles. The van der Waals surface area contributed by atoms with E-state index in [1.807, 2.05) is 26.0 Å². The van der Waals surface area contributed by atoms with Crippen molar-refractivity contribution in [2.75, 3.05) is 20.8 Å². The molecule has 1 aromatic carbocycles. The summed E-state index contributed by atoms with van der Waals surface area (Å²) in [5, 5.41) is 11.2. The highest BCUT2D eigenvalue weighted by atomic mass is 32.1. The molecule has 0 radical (unpaired) electrons. The number of hydrogen-bond acceptors (Lipinski definition) is 6. The summed E-state index contributed by atoms with van der Waals surface area (Å²) in [5.41, 5.74) is 0.798. The van der Waals surface area contributed by atoms with Gasteiger partial charge in [-0.25, -0.2) is 0 Å². The molecule has 0 aliphatic rings. The molecule has 1 heterocycles. The molecular weight excluding hydrogens is 316 g/mol. The van der Waals surface area contributed by atoms with Crippen molar-refractivity contribution in [1.29, 1.82) is 0 Å². The predicted molar refractivity (Wildman–Crippen MR) is 90.5 cm³/mol. The van der Waals surface area contributed by atoms with Crippen LogP contribution in [0.15, 0.2) is 17.2 Å². The van der Waals surface area contributed by atoms with Crippen molar-refractivity contribution in [1.82, 2.24) is 14.9 Å². The van der Waals surface area contributed by atoms with Crippen LogP contribution in [0.2, 0.25) is 0 Å². The van der Waals surface area contributed by atoms with Gasteiger partial charge in [0.2, 0.25) is 10.5 Å². The van der Waals surface area contributed by atoms with Crippen molar-refractivity contribution in [2.24, 2.45) is 5.10 Å². The maximum atomic E-state index is 5.58. The standard InChI is InChI=1S/C15H20N4O3S/c1-5-13-17-18-15(23)19(13)16-9-10-7-11(20-3)14(22-6-2)12(8-10)21-4/h7-9H,5-6H2,1-4H3,(H,18,23)/b16-9-. The first kappa shape index (κ1) is 17.0. The highest BCUT2D eigenvalue weighted by Gasteiger charge is 2.13. The predicted octanol–water partition coefficient (Wildman–Crippen LogP) is 2.80. The summed E-state index contributed by atoms with van der Waals surface area (Å²) < 4.78 is 18.4. The summed E-state index contributed by atoms with van der Waals surface area (Å²) in [5.74, 6) is 2.50. The van der Waals surface area contributed by atoms with E-state index in [0.717, 1.165) is 17.8 Å². The quantitative estimate of drug-likeness (QED) is 0.622. The number of aryl methyl sites for hydroxylation is 1. The molecule has 0 fully saturated rings. The first-order valence-electron chi connectivity index (χ1n) is 7.24. The summed E-state index contributed by atoms with van der Waals surface area (Å²) in [7, 11) is 3.17. The lowest BCUT2D eigenvalue weighted by molar-refractivity contribution is 0.288. The van der Waals surface area contributed by atoms with E-state index in [9.17, 15) is 0 Å². The SMILES string of the molecule is CCOc1c(OC)cc(/C=N\n2c(CC)n[nH]c2=S)cc1OC. The Bertz CT molecular complexity index is 726. The maximum absolute atomic E-state index is 5.58. The lowest BCUT2D eigenvalue weighted by Crippen LogP contribution is -2.01. The van der Waals surface area contributed by atoms with E-state index in [4.69, 9.17) is 26.4 Å². The molecule has 0 aliphatic carbocycles. The zero-order valence-corrected chi connectivity index (χ0v) is 14.4. The van der Waals surface area contributed by atoms with Gasteiger partial charge in [0.15, 0.2) is 17.3 Å². The Balaban J connectivity index is 2.42. The zero-order valence-electron chi connectivity index (χ0n) is 13.6. The number of ether oxygens (including phenoxy) is 3. The molecule has 2 aromatic rings. The van der Waals surface area contributed by atoms with Gasteiger partial charge in [0.25, 0.3) is 0 Å². The fourth-order valence-electron chi connectivity index (χ4n) is 2.06. The van der Waals surface area contributed by atoms with Gasteiger partial charge in [-0.2, -0.15) is 14.9 Å². The van der Waals surface area contributed by atoms with Crippen LogP contribution >= 0.6 is 12.2 Å². The highest BCUT2D eigenvalue weighted by molar-refractivity contribution is 7.71. The lowest BCUT2D eigenvalue weighted by atomic mass is 10.2. The molecule has 1 aromatic heterocycles. The van der Waals surface area contributed by atoms with E-state index >= 15 is 0 Å². The molecule has 0 spiro atoms. The Morgan fingerprint density at radius 1 is 1.26 bits per heavy atom. The largest absolute Gasteiger partial charge is 0.493 e. The minimum Gasteiger partial charge on any atom is -0.493 e. The summed E-state index contributed by atoms with van der Waals surface area (Å²) >= 11 is 5.17. The van der Waals surface area contributed by atoms with E-state index in [0.29, 0.717) is 28.6 Å². The summed E-state index contributed by atoms with van der Waals surface area (Å²) in [6.45, 7) is 4.41. The third-order valence-electron chi connectivity index (χ3n) is 3.13. The van der Waals surface area contributed by atoms with Gasteiger partial charge in [0.05, 0.1) is 27.0 Å². The molecule has 0 unspecified atom stereocenters. The Morgan fingerprint density at radius 2 is 1.91 bits per heavy atom. The fourth-order valence-corrected chi connectivity index (χ4v) is 2.26. The third-order valence-corrected chi connectivity index (χ3v) is 3.39. The monoisotopic (exact) mass is 336 g/mol.